The largest absolute Gasteiger partial charge is 0.484 e. The number of rotatable bonds is 8. The number of furan rings is 1. The standard InChI is InChI=1S/C20H23F3N2O5S/c21-20(22,23)15-24(13-17-5-4-12-29-17)19(26)14-30-16-6-8-18(9-7-16)31(27,28)25-10-2-1-3-11-25/h4-9,12H,1-3,10-11,13-15H2. The number of carbonyl (C=O) groups excluding carboxylic acids is 1. The van der Waals surface area contributed by atoms with Gasteiger partial charge in [-0.05, 0) is 49.2 Å². The molecule has 0 spiro atoms. The van der Waals surface area contributed by atoms with E-state index in [1.165, 1.54) is 47.0 Å². The van der Waals surface area contributed by atoms with Crippen molar-refractivity contribution in [3.8, 4) is 5.75 Å². The molecule has 1 aromatic carbocycles. The zero-order valence-corrected chi connectivity index (χ0v) is 17.5. The van der Waals surface area contributed by atoms with Crippen LogP contribution in [0.15, 0.2) is 52.0 Å². The van der Waals surface area contributed by atoms with E-state index in [1.54, 1.807) is 0 Å². The lowest BCUT2D eigenvalue weighted by Gasteiger charge is -2.26. The number of sulfonamides is 1. The van der Waals surface area contributed by atoms with Gasteiger partial charge < -0.3 is 14.1 Å². The fraction of sp³-hybridized carbons (Fsp3) is 0.450. The van der Waals surface area contributed by atoms with Gasteiger partial charge in [0.15, 0.2) is 6.61 Å². The van der Waals surface area contributed by atoms with E-state index in [-0.39, 0.29) is 22.9 Å². The van der Waals surface area contributed by atoms with Crippen LogP contribution in [0.4, 0.5) is 13.2 Å². The van der Waals surface area contributed by atoms with Crippen LogP contribution in [-0.2, 0) is 21.4 Å². The van der Waals surface area contributed by atoms with Gasteiger partial charge in [0.25, 0.3) is 5.91 Å². The summed E-state index contributed by atoms with van der Waals surface area (Å²) in [6.07, 6.45) is -0.643. The molecule has 0 aliphatic carbocycles. The van der Waals surface area contributed by atoms with E-state index < -0.39 is 35.3 Å². The lowest BCUT2D eigenvalue weighted by molar-refractivity contribution is -0.164. The van der Waals surface area contributed by atoms with Gasteiger partial charge in [0.2, 0.25) is 10.0 Å². The molecule has 0 saturated carbocycles. The average Bonchev–Trinajstić information content (AvgIpc) is 3.24. The molecule has 1 saturated heterocycles. The topological polar surface area (TPSA) is 80.1 Å². The summed E-state index contributed by atoms with van der Waals surface area (Å²) in [4.78, 5) is 13.0. The second kappa shape index (κ2) is 9.73. The molecule has 0 unspecified atom stereocenters. The van der Waals surface area contributed by atoms with Gasteiger partial charge in [-0.3, -0.25) is 4.79 Å². The second-order valence-corrected chi connectivity index (χ2v) is 9.11. The Labute approximate surface area is 178 Å². The Balaban J connectivity index is 1.61. The van der Waals surface area contributed by atoms with Gasteiger partial charge in [-0.15, -0.1) is 0 Å². The van der Waals surface area contributed by atoms with Crippen molar-refractivity contribution in [2.75, 3.05) is 26.2 Å². The normalized spacial score (nSPS) is 15.6. The Morgan fingerprint density at radius 2 is 1.77 bits per heavy atom. The van der Waals surface area contributed by atoms with E-state index in [4.69, 9.17) is 9.15 Å². The summed E-state index contributed by atoms with van der Waals surface area (Å²) in [6, 6.07) is 8.47. The van der Waals surface area contributed by atoms with E-state index in [1.807, 2.05) is 0 Å². The molecule has 7 nitrogen and oxygen atoms in total. The molecule has 1 fully saturated rings. The van der Waals surface area contributed by atoms with Gasteiger partial charge in [0.1, 0.15) is 18.1 Å². The van der Waals surface area contributed by atoms with Crippen LogP contribution >= 0.6 is 0 Å². The number of hydrogen-bond donors (Lipinski definition) is 0. The highest BCUT2D eigenvalue weighted by Crippen LogP contribution is 2.23. The summed E-state index contributed by atoms with van der Waals surface area (Å²) in [5.74, 6) is -0.487. The van der Waals surface area contributed by atoms with Crippen molar-refractivity contribution in [3.05, 3.63) is 48.4 Å². The highest BCUT2D eigenvalue weighted by molar-refractivity contribution is 7.89. The van der Waals surface area contributed by atoms with Crippen molar-refractivity contribution in [1.29, 1.82) is 0 Å². The fourth-order valence-corrected chi connectivity index (χ4v) is 4.75. The maximum atomic E-state index is 12.8. The lowest BCUT2D eigenvalue weighted by Crippen LogP contribution is -2.40. The van der Waals surface area contributed by atoms with Crippen LogP contribution in [0.1, 0.15) is 25.0 Å². The number of carbonyl (C=O) groups is 1. The van der Waals surface area contributed by atoms with Gasteiger partial charge >= 0.3 is 6.18 Å². The van der Waals surface area contributed by atoms with Gasteiger partial charge in [0, 0.05) is 13.1 Å². The molecule has 1 aliphatic heterocycles. The number of halogens is 3. The van der Waals surface area contributed by atoms with Crippen molar-refractivity contribution >= 4 is 15.9 Å². The highest BCUT2D eigenvalue weighted by Gasteiger charge is 2.33. The van der Waals surface area contributed by atoms with Crippen LogP contribution in [0.25, 0.3) is 0 Å². The quantitative estimate of drug-likeness (QED) is 0.603. The maximum Gasteiger partial charge on any atom is 0.406 e. The van der Waals surface area contributed by atoms with E-state index in [0.717, 1.165) is 19.3 Å². The van der Waals surface area contributed by atoms with Crippen molar-refractivity contribution in [3.63, 3.8) is 0 Å². The third-order valence-electron chi connectivity index (χ3n) is 4.79. The van der Waals surface area contributed by atoms with Gasteiger partial charge in [-0.25, -0.2) is 8.42 Å². The highest BCUT2D eigenvalue weighted by atomic mass is 32.2. The molecule has 1 aromatic heterocycles. The predicted octanol–water partition coefficient (Wildman–Crippen LogP) is 3.42. The molecular formula is C20H23F3N2O5S. The van der Waals surface area contributed by atoms with Crippen LogP contribution in [0.2, 0.25) is 0 Å². The molecule has 1 aliphatic rings. The smallest absolute Gasteiger partial charge is 0.406 e. The minimum Gasteiger partial charge on any atom is -0.484 e. The Hall–Kier alpha value is -2.53. The van der Waals surface area contributed by atoms with E-state index in [0.29, 0.717) is 18.0 Å². The number of ether oxygens (including phenoxy) is 1. The number of nitrogens with zero attached hydrogens (tertiary/aromatic N) is 2. The van der Waals surface area contributed by atoms with Crippen molar-refractivity contribution < 1.29 is 35.5 Å². The summed E-state index contributed by atoms with van der Waals surface area (Å²) in [5.41, 5.74) is 0. The maximum absolute atomic E-state index is 12.8. The van der Waals surface area contributed by atoms with Crippen LogP contribution < -0.4 is 4.74 Å². The average molecular weight is 460 g/mol. The zero-order chi connectivity index (χ0) is 22.5. The number of hydrogen-bond acceptors (Lipinski definition) is 5. The van der Waals surface area contributed by atoms with Gasteiger partial charge in [-0.2, -0.15) is 17.5 Å². The van der Waals surface area contributed by atoms with Crippen molar-refractivity contribution in [1.82, 2.24) is 9.21 Å². The first kappa shape index (κ1) is 23.1. The van der Waals surface area contributed by atoms with Gasteiger partial charge in [0.05, 0.1) is 17.7 Å². The molecule has 1 amide bonds. The van der Waals surface area contributed by atoms with Crippen LogP contribution in [0, 0.1) is 0 Å². The molecule has 0 N–H and O–H groups in total. The molecule has 31 heavy (non-hydrogen) atoms. The van der Waals surface area contributed by atoms with Gasteiger partial charge in [-0.1, -0.05) is 6.42 Å². The number of amides is 1. The molecule has 2 heterocycles. The molecule has 0 atom stereocenters. The first-order valence-corrected chi connectivity index (χ1v) is 11.2. The first-order valence-electron chi connectivity index (χ1n) is 9.75. The zero-order valence-electron chi connectivity index (χ0n) is 16.7. The number of benzene rings is 1. The monoisotopic (exact) mass is 460 g/mol. The Morgan fingerprint density at radius 3 is 2.35 bits per heavy atom. The van der Waals surface area contributed by atoms with Crippen molar-refractivity contribution in [2.45, 2.75) is 36.9 Å². The predicted molar refractivity (Wildman–Crippen MR) is 105 cm³/mol. The third kappa shape index (κ3) is 6.47. The number of alkyl halides is 3. The number of piperidine rings is 1. The van der Waals surface area contributed by atoms with E-state index >= 15 is 0 Å². The Morgan fingerprint density at radius 1 is 1.10 bits per heavy atom. The van der Waals surface area contributed by atoms with Crippen molar-refractivity contribution in [2.24, 2.45) is 0 Å². The molecule has 0 radical (unpaired) electrons. The summed E-state index contributed by atoms with van der Waals surface area (Å²) in [5, 5.41) is 0. The SMILES string of the molecule is O=C(COc1ccc(S(=O)(=O)N2CCCCC2)cc1)N(Cc1ccco1)CC(F)(F)F. The molecule has 0 bridgehead atoms. The summed E-state index contributed by atoms with van der Waals surface area (Å²) in [7, 11) is -3.61. The lowest BCUT2D eigenvalue weighted by atomic mass is 10.2. The molecular weight excluding hydrogens is 437 g/mol. The fourth-order valence-electron chi connectivity index (χ4n) is 3.24. The second-order valence-electron chi connectivity index (χ2n) is 7.17. The molecule has 11 heteroatoms. The Kier molecular flexibility index (Phi) is 7.26. The van der Waals surface area contributed by atoms with E-state index in [2.05, 4.69) is 0 Å². The first-order chi connectivity index (χ1) is 14.6. The minimum absolute atomic E-state index is 0.101. The van der Waals surface area contributed by atoms with Crippen LogP contribution in [0.3, 0.4) is 0 Å². The molecule has 2 aromatic rings. The van der Waals surface area contributed by atoms with Crippen LogP contribution in [0.5, 0.6) is 5.75 Å². The summed E-state index contributed by atoms with van der Waals surface area (Å²) < 4.78 is 75.6. The third-order valence-corrected chi connectivity index (χ3v) is 6.70. The Bertz CT molecular complexity index is 954. The molecule has 170 valence electrons. The summed E-state index contributed by atoms with van der Waals surface area (Å²) >= 11 is 0. The van der Waals surface area contributed by atoms with Crippen LogP contribution in [-0.4, -0.2) is 55.9 Å². The molecule has 3 rings (SSSR count). The van der Waals surface area contributed by atoms with E-state index in [9.17, 15) is 26.4 Å². The summed E-state index contributed by atoms with van der Waals surface area (Å²) in [6.45, 7) is -1.47. The minimum atomic E-state index is -4.58.